The number of aryl methyl sites for hydroxylation is 2. The summed E-state index contributed by atoms with van der Waals surface area (Å²) in [5.74, 6) is 2.52. The third-order valence-corrected chi connectivity index (χ3v) is 6.44. The molecule has 1 aromatic heterocycles. The van der Waals surface area contributed by atoms with Crippen LogP contribution in [0.4, 0.5) is 0 Å². The third kappa shape index (κ3) is 3.49. The molecule has 2 heterocycles. The van der Waals surface area contributed by atoms with E-state index < -0.39 is 0 Å². The lowest BCUT2D eigenvalue weighted by atomic mass is 10.1. The summed E-state index contributed by atoms with van der Waals surface area (Å²) in [7, 11) is 0. The fourth-order valence-corrected chi connectivity index (χ4v) is 4.93. The molecule has 5 rings (SSSR count). The number of hydrogen-bond donors (Lipinski definition) is 1. The first-order valence-corrected chi connectivity index (χ1v) is 10.7. The molecule has 1 aliphatic heterocycles. The van der Waals surface area contributed by atoms with E-state index in [0.717, 1.165) is 53.1 Å². The molecular formula is C23H25ClN4O2. The number of rotatable bonds is 4. The monoisotopic (exact) mass is 424 g/mol. The Morgan fingerprint density at radius 1 is 1.07 bits per heavy atom. The summed E-state index contributed by atoms with van der Waals surface area (Å²) in [6, 6.07) is 14.3. The van der Waals surface area contributed by atoms with Crippen molar-refractivity contribution in [2.75, 3.05) is 13.1 Å². The zero-order valence-corrected chi connectivity index (χ0v) is 17.9. The maximum atomic E-state index is 10.0. The molecule has 2 aliphatic rings. The Bertz CT molecular complexity index is 1050. The standard InChI is InChI=1S/C23H25ClN4O2/c1-14-25-26-15(2)28(14)18-5-7-20(8-6-18)30-23-21-12-17(24)4-3-16(21)11-22(23)27-10-9-19(29)13-27/h3-8,12,19,22-23,29H,9-11,13H2,1-2H3/t19?,22-,23-/m0/s1. The number of aliphatic hydroxyl groups is 1. The molecule has 1 aliphatic carbocycles. The van der Waals surface area contributed by atoms with Gasteiger partial charge in [-0.2, -0.15) is 0 Å². The first-order valence-electron chi connectivity index (χ1n) is 10.4. The first kappa shape index (κ1) is 19.5. The Kier molecular flexibility index (Phi) is 5.01. The lowest BCUT2D eigenvalue weighted by Gasteiger charge is -2.30. The van der Waals surface area contributed by atoms with Crippen LogP contribution in [-0.4, -0.2) is 50.0 Å². The Labute approximate surface area is 181 Å². The van der Waals surface area contributed by atoms with Crippen LogP contribution in [0.5, 0.6) is 5.75 Å². The molecule has 3 atom stereocenters. The fourth-order valence-electron chi connectivity index (χ4n) is 4.75. The number of fused-ring (bicyclic) bond motifs is 1. The van der Waals surface area contributed by atoms with E-state index in [2.05, 4.69) is 21.2 Å². The van der Waals surface area contributed by atoms with Gasteiger partial charge in [-0.3, -0.25) is 9.47 Å². The molecule has 7 heteroatoms. The first-order chi connectivity index (χ1) is 14.5. The molecule has 0 bridgehead atoms. The van der Waals surface area contributed by atoms with Gasteiger partial charge in [0.1, 0.15) is 23.5 Å². The lowest BCUT2D eigenvalue weighted by molar-refractivity contribution is 0.0818. The van der Waals surface area contributed by atoms with Crippen molar-refractivity contribution in [2.45, 2.75) is 44.9 Å². The van der Waals surface area contributed by atoms with Gasteiger partial charge < -0.3 is 9.84 Å². The smallest absolute Gasteiger partial charge is 0.140 e. The van der Waals surface area contributed by atoms with Crippen LogP contribution in [-0.2, 0) is 6.42 Å². The van der Waals surface area contributed by atoms with Crippen molar-refractivity contribution in [3.8, 4) is 11.4 Å². The average molecular weight is 425 g/mol. The molecule has 0 spiro atoms. The highest BCUT2D eigenvalue weighted by atomic mass is 35.5. The molecule has 3 aromatic rings. The summed E-state index contributed by atoms with van der Waals surface area (Å²) in [5, 5.41) is 19.0. The van der Waals surface area contributed by atoms with Gasteiger partial charge in [0.25, 0.3) is 0 Å². The molecular weight excluding hydrogens is 400 g/mol. The van der Waals surface area contributed by atoms with Gasteiger partial charge in [-0.1, -0.05) is 17.7 Å². The van der Waals surface area contributed by atoms with Gasteiger partial charge >= 0.3 is 0 Å². The molecule has 2 aromatic carbocycles. The molecule has 6 nitrogen and oxygen atoms in total. The van der Waals surface area contributed by atoms with Crippen molar-refractivity contribution in [2.24, 2.45) is 0 Å². The topological polar surface area (TPSA) is 63.4 Å². The van der Waals surface area contributed by atoms with E-state index in [4.69, 9.17) is 16.3 Å². The van der Waals surface area contributed by atoms with Crippen LogP contribution in [0.1, 0.15) is 35.3 Å². The van der Waals surface area contributed by atoms with Crippen molar-refractivity contribution in [1.29, 1.82) is 0 Å². The molecule has 156 valence electrons. The lowest BCUT2D eigenvalue weighted by Crippen LogP contribution is -2.39. The number of likely N-dealkylation sites (tertiary alicyclic amines) is 1. The maximum absolute atomic E-state index is 10.0. The predicted octanol–water partition coefficient (Wildman–Crippen LogP) is 3.65. The summed E-state index contributed by atoms with van der Waals surface area (Å²) >= 11 is 6.31. The highest BCUT2D eigenvalue weighted by Crippen LogP contribution is 2.40. The minimum Gasteiger partial charge on any atom is -0.484 e. The van der Waals surface area contributed by atoms with Crippen molar-refractivity contribution >= 4 is 11.6 Å². The van der Waals surface area contributed by atoms with Gasteiger partial charge in [-0.15, -0.1) is 10.2 Å². The summed E-state index contributed by atoms with van der Waals surface area (Å²) in [5.41, 5.74) is 3.42. The Hall–Kier alpha value is -2.41. The Morgan fingerprint density at radius 2 is 1.80 bits per heavy atom. The SMILES string of the molecule is Cc1nnc(C)n1-c1ccc(O[C@H]2c3cc(Cl)ccc3C[C@@H]2N2CCC(O)C2)cc1. The van der Waals surface area contributed by atoms with E-state index in [9.17, 15) is 5.11 Å². The number of benzene rings is 2. The number of nitrogens with zero attached hydrogens (tertiary/aromatic N) is 4. The van der Waals surface area contributed by atoms with E-state index in [1.807, 2.05) is 54.8 Å². The van der Waals surface area contributed by atoms with Crippen LogP contribution in [0.15, 0.2) is 42.5 Å². The molecule has 30 heavy (non-hydrogen) atoms. The minimum absolute atomic E-state index is 0.117. The van der Waals surface area contributed by atoms with Gasteiger partial charge in [0.2, 0.25) is 0 Å². The van der Waals surface area contributed by atoms with E-state index in [0.29, 0.717) is 6.54 Å². The number of aromatic nitrogens is 3. The number of hydrogen-bond acceptors (Lipinski definition) is 5. The summed E-state index contributed by atoms with van der Waals surface area (Å²) in [6.07, 6.45) is 1.34. The van der Waals surface area contributed by atoms with Crippen molar-refractivity contribution < 1.29 is 9.84 Å². The van der Waals surface area contributed by atoms with Crippen LogP contribution >= 0.6 is 11.6 Å². The number of halogens is 1. The van der Waals surface area contributed by atoms with Crippen molar-refractivity contribution in [3.63, 3.8) is 0 Å². The molecule has 0 amide bonds. The zero-order chi connectivity index (χ0) is 20.8. The quantitative estimate of drug-likeness (QED) is 0.692. The summed E-state index contributed by atoms with van der Waals surface area (Å²) < 4.78 is 8.54. The molecule has 1 unspecified atom stereocenters. The average Bonchev–Trinajstić information content (AvgIpc) is 3.41. The molecule has 0 saturated carbocycles. The largest absolute Gasteiger partial charge is 0.484 e. The fraction of sp³-hybridized carbons (Fsp3) is 0.391. The van der Waals surface area contributed by atoms with Crippen LogP contribution in [0.25, 0.3) is 5.69 Å². The van der Waals surface area contributed by atoms with Crippen molar-refractivity contribution in [1.82, 2.24) is 19.7 Å². The van der Waals surface area contributed by atoms with Gasteiger partial charge in [-0.05, 0) is 74.2 Å². The van der Waals surface area contributed by atoms with E-state index in [1.165, 1.54) is 5.56 Å². The molecule has 1 fully saturated rings. The van der Waals surface area contributed by atoms with Gasteiger partial charge in [0.15, 0.2) is 0 Å². The normalized spacial score (nSPS) is 23.7. The molecule has 1 N–H and O–H groups in total. The van der Waals surface area contributed by atoms with Gasteiger partial charge in [-0.25, -0.2) is 0 Å². The van der Waals surface area contributed by atoms with Crippen LogP contribution in [0.3, 0.4) is 0 Å². The third-order valence-electron chi connectivity index (χ3n) is 6.20. The number of β-amino-alcohol motifs (C(OH)–C–C–N with tert-alkyl or cyclic N) is 1. The van der Waals surface area contributed by atoms with Crippen LogP contribution in [0, 0.1) is 13.8 Å². The summed E-state index contributed by atoms with van der Waals surface area (Å²) in [4.78, 5) is 2.35. The highest BCUT2D eigenvalue weighted by molar-refractivity contribution is 6.30. The van der Waals surface area contributed by atoms with Crippen molar-refractivity contribution in [3.05, 3.63) is 70.3 Å². The minimum atomic E-state index is -0.257. The highest BCUT2D eigenvalue weighted by Gasteiger charge is 2.40. The molecule has 1 saturated heterocycles. The second-order valence-electron chi connectivity index (χ2n) is 8.21. The molecule has 0 radical (unpaired) electrons. The predicted molar refractivity (Wildman–Crippen MR) is 115 cm³/mol. The van der Waals surface area contributed by atoms with E-state index in [1.54, 1.807) is 0 Å². The second-order valence-corrected chi connectivity index (χ2v) is 8.65. The summed E-state index contributed by atoms with van der Waals surface area (Å²) in [6.45, 7) is 5.47. The second kappa shape index (κ2) is 7.69. The zero-order valence-electron chi connectivity index (χ0n) is 17.1. The Balaban J connectivity index is 1.43. The maximum Gasteiger partial charge on any atom is 0.140 e. The van der Waals surface area contributed by atoms with Crippen LogP contribution in [0.2, 0.25) is 5.02 Å². The van der Waals surface area contributed by atoms with Gasteiger partial charge in [0, 0.05) is 23.8 Å². The Morgan fingerprint density at radius 3 is 2.47 bits per heavy atom. The van der Waals surface area contributed by atoms with E-state index >= 15 is 0 Å². The van der Waals surface area contributed by atoms with Crippen LogP contribution < -0.4 is 4.74 Å². The van der Waals surface area contributed by atoms with Gasteiger partial charge in [0.05, 0.1) is 12.1 Å². The van der Waals surface area contributed by atoms with E-state index in [-0.39, 0.29) is 18.2 Å². The number of ether oxygens (including phenoxy) is 1. The number of aliphatic hydroxyl groups excluding tert-OH is 1.